The fourth-order valence-corrected chi connectivity index (χ4v) is 2.48. The summed E-state index contributed by atoms with van der Waals surface area (Å²) in [6.07, 6.45) is 0. The Hall–Kier alpha value is -1.84. The van der Waals surface area contributed by atoms with Crippen LogP contribution in [0.4, 0.5) is 0 Å². The van der Waals surface area contributed by atoms with Gasteiger partial charge in [-0.15, -0.1) is 9.97 Å². The maximum atomic E-state index is 5.99. The van der Waals surface area contributed by atoms with Crippen molar-refractivity contribution in [1.82, 2.24) is 9.97 Å². The molecule has 0 unspecified atom stereocenters. The monoisotopic (exact) mass is 480 g/mol. The van der Waals surface area contributed by atoms with Crippen LogP contribution in [0, 0.1) is 0 Å². The normalized spacial score (nSPS) is 9.96. The van der Waals surface area contributed by atoms with E-state index in [1.165, 1.54) is 0 Å². The Labute approximate surface area is 181 Å². The second kappa shape index (κ2) is 10.6. The summed E-state index contributed by atoms with van der Waals surface area (Å²) in [6, 6.07) is 29.7. The van der Waals surface area contributed by atoms with E-state index >= 15 is 0 Å². The van der Waals surface area contributed by atoms with Crippen molar-refractivity contribution in [1.29, 1.82) is 0 Å². The smallest absolute Gasteiger partial charge is 0.166 e. The molecule has 0 aliphatic heterocycles. The van der Waals surface area contributed by atoms with Gasteiger partial charge in [-0.1, -0.05) is 66.7 Å². The Kier molecular flexibility index (Phi) is 7.94. The maximum Gasteiger partial charge on any atom is 0.464 e. The minimum atomic E-state index is -2.21. The van der Waals surface area contributed by atoms with E-state index < -0.39 is 13.0 Å². The quantitative estimate of drug-likeness (QED) is 0.225. The van der Waals surface area contributed by atoms with Gasteiger partial charge in [-0.25, -0.2) is 0 Å². The number of benzene rings is 3. The second-order valence-corrected chi connectivity index (χ2v) is 19.5. The Bertz CT molecular complexity index is 861. The molecule has 138 valence electrons. The minimum Gasteiger partial charge on any atom is -0.166 e. The zero-order chi connectivity index (χ0) is 19.8. The van der Waals surface area contributed by atoms with Crippen LogP contribution < -0.4 is 0 Å². The number of rotatable bonds is 3. The Morgan fingerprint density at radius 2 is 0.857 bits per heavy atom. The van der Waals surface area contributed by atoms with E-state index in [0.717, 1.165) is 16.7 Å². The summed E-state index contributed by atoms with van der Waals surface area (Å²) < 4.78 is 5.99. The summed E-state index contributed by atoms with van der Waals surface area (Å²) in [5.41, 5.74) is 2.81. The van der Waals surface area contributed by atoms with Gasteiger partial charge in [-0.05, 0) is 24.3 Å². The molecule has 0 atom stereocenters. The average Bonchev–Trinajstić information content (AvgIpc) is 2.75. The van der Waals surface area contributed by atoms with Crippen molar-refractivity contribution in [2.24, 2.45) is 0 Å². The molecule has 28 heavy (non-hydrogen) atoms. The predicted octanol–water partition coefficient (Wildman–Crippen LogP) is 7.42. The van der Waals surface area contributed by atoms with Crippen LogP contribution in [0.5, 0.6) is 0 Å². The van der Waals surface area contributed by atoms with Gasteiger partial charge in [0.1, 0.15) is 11.1 Å². The average molecular weight is 483 g/mol. The Morgan fingerprint density at radius 1 is 0.536 bits per heavy atom. The van der Waals surface area contributed by atoms with Crippen molar-refractivity contribution in [3.05, 3.63) is 91.0 Å². The van der Waals surface area contributed by atoms with Crippen molar-refractivity contribution in [3.8, 4) is 34.3 Å². The summed E-state index contributed by atoms with van der Waals surface area (Å²) in [5, 5.41) is 0. The van der Waals surface area contributed by atoms with E-state index in [-0.39, 0.29) is 0 Å². The molecule has 0 amide bonds. The third-order valence-electron chi connectivity index (χ3n) is 3.68. The zero-order valence-corrected chi connectivity index (χ0v) is 20.0. The molecule has 4 aromatic rings. The molecule has 0 aliphatic rings. The first-order chi connectivity index (χ1) is 13.6. The van der Waals surface area contributed by atoms with Crippen LogP contribution in [0.1, 0.15) is 0 Å². The van der Waals surface area contributed by atoms with Crippen LogP contribution >= 0.6 is 29.1 Å². The van der Waals surface area contributed by atoms with Gasteiger partial charge in [0.25, 0.3) is 0 Å². The van der Waals surface area contributed by atoms with Crippen LogP contribution in [0.15, 0.2) is 95.4 Å². The van der Waals surface area contributed by atoms with Crippen molar-refractivity contribution in [2.45, 2.75) is 0 Å². The van der Waals surface area contributed by atoms with Crippen LogP contribution in [0.25, 0.3) is 34.3 Å². The largest absolute Gasteiger partial charge is 0.464 e. The second-order valence-electron chi connectivity index (χ2n) is 5.66. The number of aromatic nitrogens is 2. The molecular weight excluding hydrogens is 468 g/mol. The molecule has 0 saturated carbocycles. The molecule has 0 spiro atoms. The van der Waals surface area contributed by atoms with Crippen LogP contribution in [-0.2, 0) is 13.0 Å². The first-order valence-corrected chi connectivity index (χ1v) is 20.3. The van der Waals surface area contributed by atoms with Gasteiger partial charge in [0.2, 0.25) is 0 Å². The van der Waals surface area contributed by atoms with Crippen molar-refractivity contribution >= 4 is 29.1 Å². The molecule has 4 rings (SSSR count). The molecule has 3 nitrogen and oxygen atoms in total. The number of hydrogen-bond acceptors (Lipinski definition) is 2. The molecule has 0 N–H and O–H groups in total. The Balaban J connectivity index is 0.000000516. The molecule has 0 bridgehead atoms. The topological polar surface area (TPSA) is 37.1 Å². The van der Waals surface area contributed by atoms with Gasteiger partial charge < -0.3 is 0 Å². The Morgan fingerprint density at radius 3 is 1.21 bits per heavy atom. The standard InChI is InChI=1S/C21H15N2O.3ClH.Zn/c1-4-10-16(11-5-1)19-22-20(17-12-6-2-7-13-17)24-21(23-19)18-14-8-3-9-15-18;;;;/h1-15H;3*1H;/q+1;;;;+2/p-3. The maximum absolute atomic E-state index is 5.99. The molecule has 0 radical (unpaired) electrons. The molecule has 1 heterocycles. The van der Waals surface area contributed by atoms with Crippen molar-refractivity contribution in [2.75, 3.05) is 0 Å². The molecule has 1 aromatic heterocycles. The molecule has 3 aromatic carbocycles. The van der Waals surface area contributed by atoms with Crippen LogP contribution in [0.3, 0.4) is 0 Å². The van der Waals surface area contributed by atoms with E-state index in [9.17, 15) is 0 Å². The van der Waals surface area contributed by atoms with Crippen LogP contribution in [-0.4, -0.2) is 9.97 Å². The van der Waals surface area contributed by atoms with Crippen LogP contribution in [0.2, 0.25) is 0 Å². The zero-order valence-electron chi connectivity index (χ0n) is 14.8. The predicted molar refractivity (Wildman–Crippen MR) is 113 cm³/mol. The van der Waals surface area contributed by atoms with E-state index in [0.29, 0.717) is 17.6 Å². The summed E-state index contributed by atoms with van der Waals surface area (Å²) in [6.45, 7) is 0. The van der Waals surface area contributed by atoms with E-state index in [1.807, 2.05) is 91.0 Å². The number of nitrogens with zero attached hydrogens (tertiary/aromatic N) is 2. The van der Waals surface area contributed by atoms with Gasteiger partial charge in [0, 0.05) is 5.56 Å². The number of hydrogen-bond donors (Lipinski definition) is 0. The molecule has 7 heteroatoms. The van der Waals surface area contributed by atoms with Gasteiger partial charge in [-0.3, -0.25) is 0 Å². The van der Waals surface area contributed by atoms with Gasteiger partial charge >= 0.3 is 53.8 Å². The summed E-state index contributed by atoms with van der Waals surface area (Å²) in [7, 11) is 15.0. The summed E-state index contributed by atoms with van der Waals surface area (Å²) >= 11 is -2.21. The van der Waals surface area contributed by atoms with E-state index in [4.69, 9.17) is 33.5 Å². The summed E-state index contributed by atoms with van der Waals surface area (Å²) in [5.74, 6) is 1.77. The molecule has 0 saturated heterocycles. The fraction of sp³-hybridized carbons (Fsp3) is 0. The molecule has 0 aliphatic carbocycles. The third kappa shape index (κ3) is 6.08. The van der Waals surface area contributed by atoms with Gasteiger partial charge in [0.15, 0.2) is 5.82 Å². The molecule has 0 fully saturated rings. The van der Waals surface area contributed by atoms with Gasteiger partial charge in [-0.2, -0.15) is 4.42 Å². The van der Waals surface area contributed by atoms with E-state index in [1.54, 1.807) is 0 Å². The number of halogens is 3. The minimum absolute atomic E-state index is 0.559. The van der Waals surface area contributed by atoms with E-state index in [2.05, 4.69) is 9.97 Å². The first-order valence-electron chi connectivity index (χ1n) is 8.59. The third-order valence-corrected chi connectivity index (χ3v) is 3.68. The van der Waals surface area contributed by atoms with Crippen molar-refractivity contribution in [3.63, 3.8) is 0 Å². The van der Waals surface area contributed by atoms with Crippen molar-refractivity contribution < 1.29 is 17.4 Å². The SMILES string of the molecule is [Cl][Zn-]([Cl])[Cl].c1ccc(-c2nc(-c3ccccc3)[o+]c(-c3ccccc3)n2)cc1. The first kappa shape index (κ1) is 20.9. The summed E-state index contributed by atoms with van der Waals surface area (Å²) in [4.78, 5) is 9.24. The molecular formula is C21H15Cl3N2OZn. The fourth-order valence-electron chi connectivity index (χ4n) is 2.48. The van der Waals surface area contributed by atoms with Gasteiger partial charge in [0.05, 0.1) is 0 Å².